The molecule has 0 saturated carbocycles. The molecule has 1 aliphatic rings. The lowest BCUT2D eigenvalue weighted by Crippen LogP contribution is -2.11. The third-order valence-electron chi connectivity index (χ3n) is 4.24. The topological polar surface area (TPSA) is 59.9 Å². The molecular weight excluding hydrogens is 346 g/mol. The quantitative estimate of drug-likeness (QED) is 0.832. The Morgan fingerprint density at radius 1 is 1.20 bits per heavy atom. The molecule has 2 aromatic heterocycles. The molecule has 0 spiro atoms. The van der Waals surface area contributed by atoms with Crippen molar-refractivity contribution in [3.63, 3.8) is 0 Å². The molecule has 0 aliphatic heterocycles. The van der Waals surface area contributed by atoms with Crippen molar-refractivity contribution in [2.75, 3.05) is 6.26 Å². The predicted octanol–water partition coefficient (Wildman–Crippen LogP) is 3.56. The molecule has 0 N–H and O–H groups in total. The average molecular weight is 364 g/mol. The summed E-state index contributed by atoms with van der Waals surface area (Å²) in [5.41, 5.74) is 4.07. The first-order chi connectivity index (χ1) is 11.6. The Morgan fingerprint density at radius 3 is 2.48 bits per heavy atom. The lowest BCUT2D eigenvalue weighted by Gasteiger charge is -2.13. The molecule has 3 rings (SSSR count). The largest absolute Gasteiger partial charge is 0.286 e. The van der Waals surface area contributed by atoms with Crippen LogP contribution in [0.2, 0.25) is 0 Å². The third kappa shape index (κ3) is 3.61. The minimum absolute atomic E-state index is 0.0137. The summed E-state index contributed by atoms with van der Waals surface area (Å²) in [6, 6.07) is 6.23. The molecule has 2 aromatic rings. The van der Waals surface area contributed by atoms with E-state index < -0.39 is 15.8 Å². The number of aromatic nitrogens is 2. The molecule has 0 amide bonds. The molecule has 0 unspecified atom stereocenters. The average Bonchev–Trinajstić information content (AvgIpc) is 2.81. The third-order valence-corrected chi connectivity index (χ3v) is 5.24. The summed E-state index contributed by atoms with van der Waals surface area (Å²) in [5, 5.41) is 0.0137. The van der Waals surface area contributed by atoms with Crippen molar-refractivity contribution in [3.8, 4) is 0 Å². The van der Waals surface area contributed by atoms with Gasteiger partial charge in [-0.3, -0.25) is 0 Å². The molecule has 4 nitrogen and oxygen atoms in total. The molecule has 0 radical (unpaired) electrons. The van der Waals surface area contributed by atoms with Gasteiger partial charge in [-0.15, -0.1) is 0 Å². The fraction of sp³-hybridized carbons (Fsp3) is 0.333. The Hall–Kier alpha value is -2.15. The Morgan fingerprint density at radius 2 is 1.92 bits per heavy atom. The molecule has 7 heteroatoms. The van der Waals surface area contributed by atoms with Gasteiger partial charge in [-0.1, -0.05) is 17.7 Å². The molecule has 0 fully saturated rings. The zero-order valence-corrected chi connectivity index (χ0v) is 15.0. The van der Waals surface area contributed by atoms with E-state index in [2.05, 4.69) is 9.97 Å². The summed E-state index contributed by atoms with van der Waals surface area (Å²) in [7, 11) is -3.35. The van der Waals surface area contributed by atoms with Crippen molar-refractivity contribution >= 4 is 15.4 Å². The van der Waals surface area contributed by atoms with Crippen LogP contribution in [0, 0.1) is 0 Å². The molecule has 2 heterocycles. The van der Waals surface area contributed by atoms with E-state index in [9.17, 15) is 17.2 Å². The van der Waals surface area contributed by atoms with Crippen molar-refractivity contribution in [3.05, 3.63) is 58.6 Å². The Labute approximate surface area is 145 Å². The van der Waals surface area contributed by atoms with Crippen molar-refractivity contribution in [1.29, 1.82) is 0 Å². The highest BCUT2D eigenvalue weighted by Gasteiger charge is 2.29. The van der Waals surface area contributed by atoms with Gasteiger partial charge in [0.2, 0.25) is 0 Å². The number of allylic oxidation sites excluding steroid dienone is 2. The number of hydrogen-bond acceptors (Lipinski definition) is 4. The maximum atomic E-state index is 13.6. The second-order valence-electron chi connectivity index (χ2n) is 6.48. The minimum atomic E-state index is -3.35. The summed E-state index contributed by atoms with van der Waals surface area (Å²) in [6.07, 6.45) is 3.77. The standard InChI is InChI=1S/C18H18F2N2O2S/c1-11-8-13-5-6-15(18(2,19)20)22-17(13)14(11)9-12-4-7-16(21-10-12)25(3,23)24/h4-7,10H,8-9H2,1-3H3. The lowest BCUT2D eigenvalue weighted by molar-refractivity contribution is 0.0127. The number of rotatable bonds is 4. The summed E-state index contributed by atoms with van der Waals surface area (Å²) in [5.74, 6) is -2.99. The number of fused-ring (bicyclic) bond motifs is 1. The smallest absolute Gasteiger partial charge is 0.247 e. The molecule has 0 bridgehead atoms. The first-order valence-electron chi connectivity index (χ1n) is 7.78. The van der Waals surface area contributed by atoms with Crippen LogP contribution >= 0.6 is 0 Å². The van der Waals surface area contributed by atoms with Gasteiger partial charge in [0, 0.05) is 25.8 Å². The fourth-order valence-corrected chi connectivity index (χ4v) is 3.46. The number of halogens is 2. The summed E-state index contributed by atoms with van der Waals surface area (Å²) >= 11 is 0. The van der Waals surface area contributed by atoms with Gasteiger partial charge in [0.05, 0.1) is 5.69 Å². The number of pyridine rings is 2. The Bertz CT molecular complexity index is 960. The summed E-state index contributed by atoms with van der Waals surface area (Å²) < 4.78 is 50.1. The number of hydrogen-bond donors (Lipinski definition) is 0. The van der Waals surface area contributed by atoms with Crippen molar-refractivity contribution in [2.24, 2.45) is 0 Å². The monoisotopic (exact) mass is 364 g/mol. The SMILES string of the molecule is CC1=C(Cc2ccc(S(C)(=O)=O)nc2)c2nc(C(C)(F)F)ccc2C1. The first kappa shape index (κ1) is 17.7. The molecule has 25 heavy (non-hydrogen) atoms. The molecule has 1 aliphatic carbocycles. The zero-order valence-electron chi connectivity index (χ0n) is 14.2. The summed E-state index contributed by atoms with van der Waals surface area (Å²) in [6.45, 7) is 2.79. The second-order valence-corrected chi connectivity index (χ2v) is 8.44. The number of nitrogens with zero attached hydrogens (tertiary/aromatic N) is 2. The molecular formula is C18H18F2N2O2S. The van der Waals surface area contributed by atoms with E-state index in [1.807, 2.05) is 6.92 Å². The van der Waals surface area contributed by atoms with E-state index in [0.29, 0.717) is 18.5 Å². The number of alkyl halides is 2. The van der Waals surface area contributed by atoms with Crippen molar-refractivity contribution in [2.45, 2.75) is 37.6 Å². The van der Waals surface area contributed by atoms with Crippen LogP contribution in [-0.4, -0.2) is 24.6 Å². The number of sulfone groups is 1. The normalized spacial score (nSPS) is 14.8. The minimum Gasteiger partial charge on any atom is -0.247 e. The van der Waals surface area contributed by atoms with Crippen LogP contribution in [0.1, 0.15) is 36.4 Å². The van der Waals surface area contributed by atoms with Crippen LogP contribution in [0.5, 0.6) is 0 Å². The maximum Gasteiger partial charge on any atom is 0.286 e. The van der Waals surface area contributed by atoms with Gasteiger partial charge >= 0.3 is 0 Å². The Balaban J connectivity index is 1.93. The van der Waals surface area contributed by atoms with Crippen molar-refractivity contribution < 1.29 is 17.2 Å². The maximum absolute atomic E-state index is 13.6. The Kier molecular flexibility index (Phi) is 4.23. The van der Waals surface area contributed by atoms with Gasteiger partial charge in [-0.05, 0) is 42.2 Å². The van der Waals surface area contributed by atoms with Gasteiger partial charge < -0.3 is 0 Å². The van der Waals surface area contributed by atoms with E-state index in [-0.39, 0.29) is 10.7 Å². The van der Waals surface area contributed by atoms with Crippen LogP contribution in [0.3, 0.4) is 0 Å². The van der Waals surface area contributed by atoms with Gasteiger partial charge in [-0.25, -0.2) is 18.4 Å². The highest BCUT2D eigenvalue weighted by molar-refractivity contribution is 7.90. The van der Waals surface area contributed by atoms with Gasteiger partial charge in [-0.2, -0.15) is 8.78 Å². The van der Waals surface area contributed by atoms with E-state index in [1.54, 1.807) is 12.1 Å². The highest BCUT2D eigenvalue weighted by atomic mass is 32.2. The fourth-order valence-electron chi connectivity index (χ4n) is 2.90. The molecule has 132 valence electrons. The van der Waals surface area contributed by atoms with Gasteiger partial charge in [0.15, 0.2) is 14.9 Å². The summed E-state index contributed by atoms with van der Waals surface area (Å²) in [4.78, 5) is 8.16. The van der Waals surface area contributed by atoms with E-state index in [1.165, 1.54) is 18.3 Å². The molecule has 0 atom stereocenters. The van der Waals surface area contributed by atoms with E-state index in [0.717, 1.165) is 35.5 Å². The predicted molar refractivity (Wildman–Crippen MR) is 91.2 cm³/mol. The van der Waals surface area contributed by atoms with E-state index >= 15 is 0 Å². The van der Waals surface area contributed by atoms with Crippen LogP contribution in [0.4, 0.5) is 8.78 Å². The second kappa shape index (κ2) is 5.98. The van der Waals surface area contributed by atoms with E-state index in [4.69, 9.17) is 0 Å². The van der Waals surface area contributed by atoms with Crippen LogP contribution in [0.15, 0.2) is 41.1 Å². The first-order valence-corrected chi connectivity index (χ1v) is 9.67. The van der Waals surface area contributed by atoms with Crippen LogP contribution in [-0.2, 0) is 28.6 Å². The van der Waals surface area contributed by atoms with Gasteiger partial charge in [0.1, 0.15) is 5.69 Å². The van der Waals surface area contributed by atoms with Crippen LogP contribution < -0.4 is 0 Å². The zero-order chi connectivity index (χ0) is 18.4. The molecule has 0 saturated heterocycles. The lowest BCUT2D eigenvalue weighted by atomic mass is 10.0. The highest BCUT2D eigenvalue weighted by Crippen LogP contribution is 2.36. The van der Waals surface area contributed by atoms with Crippen LogP contribution in [0.25, 0.3) is 5.57 Å². The van der Waals surface area contributed by atoms with Gasteiger partial charge in [0.25, 0.3) is 5.92 Å². The molecule has 0 aromatic carbocycles. The van der Waals surface area contributed by atoms with Crippen molar-refractivity contribution in [1.82, 2.24) is 9.97 Å².